The highest BCUT2D eigenvalue weighted by molar-refractivity contribution is 5.97. The van der Waals surface area contributed by atoms with Crippen molar-refractivity contribution in [2.75, 3.05) is 13.1 Å². The highest BCUT2D eigenvalue weighted by Gasteiger charge is 2.25. The predicted molar refractivity (Wildman–Crippen MR) is 107 cm³/mol. The number of benzene rings is 2. The summed E-state index contributed by atoms with van der Waals surface area (Å²) in [4.78, 5) is 27.2. The summed E-state index contributed by atoms with van der Waals surface area (Å²) in [5, 5.41) is 0. The van der Waals surface area contributed by atoms with Gasteiger partial charge in [0.25, 0.3) is 5.91 Å². The maximum atomic E-state index is 12.9. The van der Waals surface area contributed by atoms with E-state index < -0.39 is 0 Å². The highest BCUT2D eigenvalue weighted by atomic mass is 16.3. The topological polar surface area (TPSA) is 75.0 Å². The lowest BCUT2D eigenvalue weighted by Crippen LogP contribution is -2.39. The van der Waals surface area contributed by atoms with Gasteiger partial charge in [-0.05, 0) is 49.1 Å². The molecular weight excluding hydrogens is 352 g/mol. The zero-order valence-electron chi connectivity index (χ0n) is 15.8. The first-order chi connectivity index (χ1) is 13.7. The fourth-order valence-electron chi connectivity index (χ4n) is 4.07. The first kappa shape index (κ1) is 17.0. The number of carbonyl (C=O) groups excluding carboxylic acids is 1. The first-order valence-electron chi connectivity index (χ1n) is 9.76. The third-order valence-corrected chi connectivity index (χ3v) is 5.56. The summed E-state index contributed by atoms with van der Waals surface area (Å²) < 4.78 is 5.56. The molecule has 1 aliphatic heterocycles. The Morgan fingerprint density at radius 3 is 2.79 bits per heavy atom. The van der Waals surface area contributed by atoms with Crippen molar-refractivity contribution in [3.8, 4) is 0 Å². The normalized spacial score (nSPS) is 15.5. The highest BCUT2D eigenvalue weighted by Crippen LogP contribution is 2.24. The number of aromatic amines is 1. The molecule has 142 valence electrons. The second-order valence-electron chi connectivity index (χ2n) is 7.56. The van der Waals surface area contributed by atoms with Crippen molar-refractivity contribution in [3.05, 3.63) is 59.7 Å². The minimum Gasteiger partial charge on any atom is -0.441 e. The third-order valence-electron chi connectivity index (χ3n) is 5.56. The number of nitrogens with zero attached hydrogens (tertiary/aromatic N) is 3. The molecule has 0 atom stereocenters. The Kier molecular flexibility index (Phi) is 4.11. The van der Waals surface area contributed by atoms with E-state index in [4.69, 9.17) is 4.42 Å². The molecular formula is C22H22N4O2. The lowest BCUT2D eigenvalue weighted by Gasteiger charge is -2.31. The molecule has 1 aliphatic rings. The minimum atomic E-state index is 0.0677. The number of carbonyl (C=O) groups is 1. The first-order valence-corrected chi connectivity index (χ1v) is 9.76. The molecule has 0 unspecified atom stereocenters. The van der Waals surface area contributed by atoms with Crippen LogP contribution in [-0.2, 0) is 6.42 Å². The van der Waals surface area contributed by atoms with Gasteiger partial charge in [-0.15, -0.1) is 0 Å². The van der Waals surface area contributed by atoms with Crippen LogP contribution in [0.15, 0.2) is 46.9 Å². The van der Waals surface area contributed by atoms with E-state index in [2.05, 4.69) is 21.0 Å². The van der Waals surface area contributed by atoms with Crippen LogP contribution in [-0.4, -0.2) is 38.8 Å². The Balaban J connectivity index is 1.23. The number of fused-ring (bicyclic) bond motifs is 2. The predicted octanol–water partition coefficient (Wildman–Crippen LogP) is 4.11. The van der Waals surface area contributed by atoms with Crippen molar-refractivity contribution < 1.29 is 9.21 Å². The van der Waals surface area contributed by atoms with Crippen molar-refractivity contribution in [3.63, 3.8) is 0 Å². The molecule has 1 N–H and O–H groups in total. The largest absolute Gasteiger partial charge is 0.441 e. The van der Waals surface area contributed by atoms with Gasteiger partial charge in [-0.3, -0.25) is 4.79 Å². The van der Waals surface area contributed by atoms with Gasteiger partial charge in [0.05, 0.1) is 11.0 Å². The number of nitrogens with one attached hydrogen (secondary N) is 1. The number of hydrogen-bond donors (Lipinski definition) is 1. The number of aryl methyl sites for hydroxylation is 1. The summed E-state index contributed by atoms with van der Waals surface area (Å²) in [6.07, 6.45) is 2.92. The Morgan fingerprint density at radius 1 is 1.14 bits per heavy atom. The summed E-state index contributed by atoms with van der Waals surface area (Å²) in [6.45, 7) is 3.36. The Bertz CT molecular complexity index is 1120. The number of para-hydroxylation sites is 2. The zero-order chi connectivity index (χ0) is 19.1. The summed E-state index contributed by atoms with van der Waals surface area (Å²) in [5.74, 6) is 2.27. The van der Waals surface area contributed by atoms with Gasteiger partial charge in [-0.1, -0.05) is 12.1 Å². The second-order valence-corrected chi connectivity index (χ2v) is 7.56. The van der Waals surface area contributed by atoms with Gasteiger partial charge in [-0.2, -0.15) is 0 Å². The number of likely N-dealkylation sites (tertiary alicyclic amines) is 1. The van der Waals surface area contributed by atoms with Crippen LogP contribution >= 0.6 is 0 Å². The van der Waals surface area contributed by atoms with Crippen molar-refractivity contribution in [2.24, 2.45) is 5.92 Å². The van der Waals surface area contributed by atoms with Crippen LogP contribution in [0.25, 0.3) is 22.1 Å². The van der Waals surface area contributed by atoms with Gasteiger partial charge in [0.1, 0.15) is 11.3 Å². The van der Waals surface area contributed by atoms with Crippen molar-refractivity contribution in [1.82, 2.24) is 19.9 Å². The number of amides is 1. The van der Waals surface area contributed by atoms with E-state index in [0.29, 0.717) is 23.0 Å². The molecule has 5 rings (SSSR count). The summed E-state index contributed by atoms with van der Waals surface area (Å²) in [7, 11) is 0. The Labute approximate surface area is 162 Å². The molecule has 0 radical (unpaired) electrons. The van der Waals surface area contributed by atoms with Crippen LogP contribution in [0.2, 0.25) is 0 Å². The molecule has 28 heavy (non-hydrogen) atoms. The van der Waals surface area contributed by atoms with Gasteiger partial charge in [0.15, 0.2) is 11.5 Å². The molecule has 1 saturated heterocycles. The molecule has 0 saturated carbocycles. The molecule has 2 aromatic carbocycles. The molecule has 3 heterocycles. The van der Waals surface area contributed by atoms with E-state index in [9.17, 15) is 4.79 Å². The fraction of sp³-hybridized carbons (Fsp3) is 0.318. The molecule has 6 heteroatoms. The second kappa shape index (κ2) is 6.78. The SMILES string of the molecule is Cc1nc2ccc(C(=O)N3CCC(Cc4nc5ccccc5[nH]4)CC3)cc2o1. The minimum absolute atomic E-state index is 0.0677. The van der Waals surface area contributed by atoms with E-state index >= 15 is 0 Å². The van der Waals surface area contributed by atoms with Gasteiger partial charge >= 0.3 is 0 Å². The Morgan fingerprint density at radius 2 is 1.96 bits per heavy atom. The summed E-state index contributed by atoms with van der Waals surface area (Å²) in [5.41, 5.74) is 4.23. The number of hydrogen-bond acceptors (Lipinski definition) is 4. The molecule has 0 aliphatic carbocycles. The van der Waals surface area contributed by atoms with Gasteiger partial charge in [0.2, 0.25) is 0 Å². The zero-order valence-corrected chi connectivity index (χ0v) is 15.8. The monoisotopic (exact) mass is 374 g/mol. The Hall–Kier alpha value is -3.15. The van der Waals surface area contributed by atoms with Crippen LogP contribution in [0.4, 0.5) is 0 Å². The number of H-pyrrole nitrogens is 1. The molecule has 1 amide bonds. The number of imidazole rings is 1. The fourth-order valence-corrected chi connectivity index (χ4v) is 4.07. The van der Waals surface area contributed by atoms with Gasteiger partial charge in [0, 0.05) is 32.0 Å². The molecule has 2 aromatic heterocycles. The number of oxazole rings is 1. The van der Waals surface area contributed by atoms with E-state index in [-0.39, 0.29) is 5.91 Å². The quantitative estimate of drug-likeness (QED) is 0.586. The van der Waals surface area contributed by atoms with Crippen molar-refractivity contribution >= 4 is 28.0 Å². The summed E-state index contributed by atoms with van der Waals surface area (Å²) >= 11 is 0. The standard InChI is InChI=1S/C22H22N4O2/c1-14-23-19-7-6-16(13-20(19)28-14)22(27)26-10-8-15(9-11-26)12-21-24-17-4-2-3-5-18(17)25-21/h2-7,13,15H,8-12H2,1H3,(H,24,25). The maximum Gasteiger partial charge on any atom is 0.253 e. The number of piperidine rings is 1. The smallest absolute Gasteiger partial charge is 0.253 e. The molecule has 6 nitrogen and oxygen atoms in total. The van der Waals surface area contributed by atoms with E-state index in [1.165, 1.54) is 0 Å². The molecule has 4 aromatic rings. The average molecular weight is 374 g/mol. The van der Waals surface area contributed by atoms with Crippen LogP contribution in [0.3, 0.4) is 0 Å². The van der Waals surface area contributed by atoms with Crippen molar-refractivity contribution in [2.45, 2.75) is 26.2 Å². The lowest BCUT2D eigenvalue weighted by atomic mass is 9.93. The maximum absolute atomic E-state index is 12.9. The van der Waals surface area contributed by atoms with Crippen LogP contribution < -0.4 is 0 Å². The molecule has 0 spiro atoms. The van der Waals surface area contributed by atoms with Crippen LogP contribution in [0.5, 0.6) is 0 Å². The van der Waals surface area contributed by atoms with Gasteiger partial charge < -0.3 is 14.3 Å². The number of rotatable bonds is 3. The third kappa shape index (κ3) is 3.15. The van der Waals surface area contributed by atoms with Crippen LogP contribution in [0, 0.1) is 12.8 Å². The van der Waals surface area contributed by atoms with Crippen molar-refractivity contribution in [1.29, 1.82) is 0 Å². The van der Waals surface area contributed by atoms with E-state index in [1.54, 1.807) is 6.07 Å². The van der Waals surface area contributed by atoms with E-state index in [0.717, 1.165) is 54.7 Å². The molecule has 0 bridgehead atoms. The number of aromatic nitrogens is 3. The van der Waals surface area contributed by atoms with Crippen LogP contribution in [0.1, 0.15) is 34.9 Å². The summed E-state index contributed by atoms with van der Waals surface area (Å²) in [6, 6.07) is 13.6. The van der Waals surface area contributed by atoms with E-state index in [1.807, 2.05) is 42.2 Å². The average Bonchev–Trinajstić information content (AvgIpc) is 3.28. The molecule has 1 fully saturated rings. The van der Waals surface area contributed by atoms with Gasteiger partial charge in [-0.25, -0.2) is 9.97 Å². The lowest BCUT2D eigenvalue weighted by molar-refractivity contribution is 0.0690.